The summed E-state index contributed by atoms with van der Waals surface area (Å²) >= 11 is 6.92. The van der Waals surface area contributed by atoms with Crippen molar-refractivity contribution in [1.82, 2.24) is 34.7 Å². The van der Waals surface area contributed by atoms with Gasteiger partial charge in [0, 0.05) is 69.4 Å². The van der Waals surface area contributed by atoms with Crippen molar-refractivity contribution in [2.24, 2.45) is 0 Å². The lowest BCUT2D eigenvalue weighted by molar-refractivity contribution is -0.126. The number of carbonyl (C=O) groups excluding carboxylic acids is 1. The summed E-state index contributed by atoms with van der Waals surface area (Å²) < 4.78 is 16.9. The molecule has 1 amide bonds. The number of piperazine rings is 2. The number of anilines is 3. The topological polar surface area (TPSA) is 138 Å². The third kappa shape index (κ3) is 5.68. The summed E-state index contributed by atoms with van der Waals surface area (Å²) in [6, 6.07) is 5.94. The van der Waals surface area contributed by atoms with Gasteiger partial charge in [0.05, 0.1) is 38.7 Å². The molecule has 49 heavy (non-hydrogen) atoms. The summed E-state index contributed by atoms with van der Waals surface area (Å²) in [5.41, 5.74) is 8.65. The number of pyridine rings is 1. The lowest BCUT2D eigenvalue weighted by Gasteiger charge is -2.40. The van der Waals surface area contributed by atoms with E-state index in [1.165, 1.54) is 22.8 Å². The Morgan fingerprint density at radius 2 is 1.73 bits per heavy atom. The van der Waals surface area contributed by atoms with E-state index in [1.807, 2.05) is 11.8 Å². The zero-order chi connectivity index (χ0) is 34.0. The maximum atomic E-state index is 15.4. The molecular weight excluding hydrogens is 647 g/mol. The summed E-state index contributed by atoms with van der Waals surface area (Å²) in [4.78, 5) is 52.9. The number of aromatic nitrogens is 5. The van der Waals surface area contributed by atoms with Crippen LogP contribution in [0.5, 0.6) is 0 Å². The fraction of sp³-hybridized carbons (Fsp3) is 0.429. The van der Waals surface area contributed by atoms with E-state index >= 15 is 4.39 Å². The van der Waals surface area contributed by atoms with Crippen molar-refractivity contribution in [2.75, 3.05) is 61.3 Å². The van der Waals surface area contributed by atoms with E-state index in [0.717, 1.165) is 63.3 Å². The predicted molar refractivity (Wildman–Crippen MR) is 188 cm³/mol. The van der Waals surface area contributed by atoms with Gasteiger partial charge in [0.1, 0.15) is 11.6 Å². The van der Waals surface area contributed by atoms with Crippen LogP contribution in [0.2, 0.25) is 5.02 Å². The van der Waals surface area contributed by atoms with Crippen LogP contribution in [-0.4, -0.2) is 87.2 Å². The fourth-order valence-electron chi connectivity index (χ4n) is 7.09. The molecule has 2 saturated heterocycles. The summed E-state index contributed by atoms with van der Waals surface area (Å²) in [6.45, 7) is 10.2. The number of hydrogen-bond acceptors (Lipinski definition) is 10. The standard InChI is InChI=1S/C35H38ClFN10O2/c1-3-26(48)45-15-16-46(19(2)18-45)32-22-17-23(36)30(27-24(37)5-4-6-25(27)38)40-33(22)47(35(49)43-32)31-28(20-7-8-20)41-34(42-29(31)21-9-10-21)44-13-11-39-12-14-44/h3-6,17,19-21,39H,1,7-16,18,38H2,2H3/t19-/m0/s1. The number of halogens is 2. The highest BCUT2D eigenvalue weighted by molar-refractivity contribution is 6.34. The quantitative estimate of drug-likeness (QED) is 0.217. The van der Waals surface area contributed by atoms with E-state index in [4.69, 9.17) is 37.3 Å². The molecule has 5 heterocycles. The summed E-state index contributed by atoms with van der Waals surface area (Å²) in [6.07, 6.45) is 5.12. The Labute approximate surface area is 287 Å². The molecule has 8 rings (SSSR count). The molecule has 4 aliphatic rings. The molecule has 0 spiro atoms. The number of nitrogens with two attached hydrogens (primary N) is 1. The van der Waals surface area contributed by atoms with Crippen molar-refractivity contribution in [3.05, 3.63) is 69.6 Å². The number of nitrogen functional groups attached to an aromatic ring is 1. The average molecular weight is 685 g/mol. The van der Waals surface area contributed by atoms with Crippen LogP contribution in [0.1, 0.15) is 55.8 Å². The molecule has 1 aromatic carbocycles. The predicted octanol–water partition coefficient (Wildman–Crippen LogP) is 4.00. The Morgan fingerprint density at radius 1 is 1.04 bits per heavy atom. The second-order valence-corrected chi connectivity index (χ2v) is 13.8. The Bertz CT molecular complexity index is 2000. The van der Waals surface area contributed by atoms with E-state index in [2.05, 4.69) is 16.8 Å². The average Bonchev–Trinajstić information content (AvgIpc) is 4.03. The van der Waals surface area contributed by atoms with Crippen LogP contribution in [0.3, 0.4) is 0 Å². The van der Waals surface area contributed by atoms with Crippen LogP contribution in [-0.2, 0) is 4.79 Å². The van der Waals surface area contributed by atoms with Gasteiger partial charge in [0.2, 0.25) is 11.9 Å². The van der Waals surface area contributed by atoms with Gasteiger partial charge in [-0.05, 0) is 56.9 Å². The van der Waals surface area contributed by atoms with Gasteiger partial charge >= 0.3 is 5.69 Å². The van der Waals surface area contributed by atoms with Crippen LogP contribution in [0.4, 0.5) is 21.8 Å². The summed E-state index contributed by atoms with van der Waals surface area (Å²) in [7, 11) is 0. The van der Waals surface area contributed by atoms with Crippen molar-refractivity contribution >= 4 is 46.0 Å². The maximum Gasteiger partial charge on any atom is 0.355 e. The van der Waals surface area contributed by atoms with Crippen LogP contribution in [0.25, 0.3) is 28.0 Å². The Kier molecular flexibility index (Phi) is 7.98. The fourth-order valence-corrected chi connectivity index (χ4v) is 7.34. The van der Waals surface area contributed by atoms with Crippen LogP contribution in [0, 0.1) is 5.82 Å². The first-order valence-electron chi connectivity index (χ1n) is 17.0. The third-order valence-electron chi connectivity index (χ3n) is 9.95. The molecule has 0 unspecified atom stereocenters. The number of hydrogen-bond donors (Lipinski definition) is 2. The van der Waals surface area contributed by atoms with E-state index in [0.29, 0.717) is 42.5 Å². The number of benzene rings is 1. The van der Waals surface area contributed by atoms with Gasteiger partial charge in [-0.1, -0.05) is 24.2 Å². The minimum atomic E-state index is -0.574. The highest BCUT2D eigenvalue weighted by atomic mass is 35.5. The number of nitrogens with zero attached hydrogens (tertiary/aromatic N) is 8. The van der Waals surface area contributed by atoms with Crippen LogP contribution < -0.4 is 26.5 Å². The molecule has 2 saturated carbocycles. The normalized spacial score (nSPS) is 19.8. The number of rotatable bonds is 7. The molecule has 12 nitrogen and oxygen atoms in total. The van der Waals surface area contributed by atoms with Crippen molar-refractivity contribution in [3.8, 4) is 16.9 Å². The van der Waals surface area contributed by atoms with Crippen molar-refractivity contribution in [2.45, 2.75) is 50.5 Å². The first kappa shape index (κ1) is 31.6. The Hall–Kier alpha value is -4.62. The lowest BCUT2D eigenvalue weighted by Crippen LogP contribution is -2.54. The largest absolute Gasteiger partial charge is 0.398 e. The van der Waals surface area contributed by atoms with Gasteiger partial charge in [-0.15, -0.1) is 0 Å². The number of nitrogens with one attached hydrogen (secondary N) is 1. The van der Waals surface area contributed by atoms with Gasteiger partial charge in [-0.2, -0.15) is 4.98 Å². The SMILES string of the molecule is C=CC(=O)N1CCN(c2nc(=O)n(-c3c(C4CC4)nc(N4CCNCC4)nc3C3CC3)c3nc(-c4c(N)cccc4F)c(Cl)cc23)[C@@H](C)C1. The Balaban J connectivity index is 1.38. The first-order chi connectivity index (χ1) is 23.7. The molecule has 4 fully saturated rings. The van der Waals surface area contributed by atoms with Crippen LogP contribution in [0.15, 0.2) is 41.7 Å². The second-order valence-electron chi connectivity index (χ2n) is 13.4. The van der Waals surface area contributed by atoms with Crippen LogP contribution >= 0.6 is 11.6 Å². The van der Waals surface area contributed by atoms with Crippen molar-refractivity contribution in [3.63, 3.8) is 0 Å². The van der Waals surface area contributed by atoms with Gasteiger partial charge < -0.3 is 25.8 Å². The minimum absolute atomic E-state index is 0.0619. The van der Waals surface area contributed by atoms with Gasteiger partial charge in [0.15, 0.2) is 5.65 Å². The number of amides is 1. The molecule has 2 aliphatic heterocycles. The van der Waals surface area contributed by atoms with Crippen molar-refractivity contribution < 1.29 is 9.18 Å². The zero-order valence-corrected chi connectivity index (χ0v) is 28.1. The highest BCUT2D eigenvalue weighted by Crippen LogP contribution is 2.49. The first-order valence-corrected chi connectivity index (χ1v) is 17.3. The van der Waals surface area contributed by atoms with Gasteiger partial charge in [0.25, 0.3) is 0 Å². The molecule has 254 valence electrons. The molecule has 14 heteroatoms. The van der Waals surface area contributed by atoms with Crippen molar-refractivity contribution in [1.29, 1.82) is 0 Å². The van der Waals surface area contributed by atoms with Gasteiger partial charge in [-0.25, -0.2) is 28.7 Å². The Morgan fingerprint density at radius 3 is 2.35 bits per heavy atom. The molecule has 3 N–H and O–H groups in total. The lowest BCUT2D eigenvalue weighted by atomic mass is 10.1. The smallest absolute Gasteiger partial charge is 0.355 e. The molecule has 2 aliphatic carbocycles. The van der Waals surface area contributed by atoms with E-state index < -0.39 is 11.5 Å². The molecule has 0 radical (unpaired) electrons. The third-order valence-corrected chi connectivity index (χ3v) is 10.2. The van der Waals surface area contributed by atoms with E-state index in [9.17, 15) is 9.59 Å². The molecular formula is C35H38ClFN10O2. The molecule has 3 aromatic heterocycles. The zero-order valence-electron chi connectivity index (χ0n) is 27.3. The monoisotopic (exact) mass is 684 g/mol. The van der Waals surface area contributed by atoms with E-state index in [-0.39, 0.29) is 51.4 Å². The molecule has 0 bridgehead atoms. The van der Waals surface area contributed by atoms with E-state index in [1.54, 1.807) is 17.0 Å². The molecule has 1 atom stereocenters. The highest BCUT2D eigenvalue weighted by Gasteiger charge is 2.39. The minimum Gasteiger partial charge on any atom is -0.398 e. The number of fused-ring (bicyclic) bond motifs is 1. The maximum absolute atomic E-state index is 15.4. The molecule has 4 aromatic rings. The second kappa shape index (κ2) is 12.4. The number of carbonyl (C=O) groups is 1. The summed E-state index contributed by atoms with van der Waals surface area (Å²) in [5.74, 6) is 0.700. The van der Waals surface area contributed by atoms with Gasteiger partial charge in [-0.3, -0.25) is 4.79 Å². The summed E-state index contributed by atoms with van der Waals surface area (Å²) in [5, 5.41) is 4.08.